The number of alkyl halides is 1. The standard InChI is InChI=1S/C14H20ClNO2S/c1-10-8-11(2)14(12(3)9-10)19(17,18)16-6-4-13(15)5-7-16/h8-9,13H,4-7H2,1-3H3. The molecule has 0 aromatic heterocycles. The van der Waals surface area contributed by atoms with Crippen LogP contribution in [0.5, 0.6) is 0 Å². The zero-order chi connectivity index (χ0) is 14.2. The summed E-state index contributed by atoms with van der Waals surface area (Å²) in [5.41, 5.74) is 2.74. The number of piperidine rings is 1. The molecule has 5 heteroatoms. The largest absolute Gasteiger partial charge is 0.243 e. The molecule has 1 heterocycles. The molecule has 1 aromatic rings. The molecule has 1 aliphatic rings. The van der Waals surface area contributed by atoms with E-state index in [0.29, 0.717) is 18.0 Å². The van der Waals surface area contributed by atoms with Crippen molar-refractivity contribution in [3.8, 4) is 0 Å². The van der Waals surface area contributed by atoms with Crippen molar-refractivity contribution in [1.29, 1.82) is 0 Å². The van der Waals surface area contributed by atoms with Crippen LogP contribution in [0.15, 0.2) is 17.0 Å². The molecule has 0 atom stereocenters. The third-order valence-electron chi connectivity index (χ3n) is 3.59. The molecule has 19 heavy (non-hydrogen) atoms. The van der Waals surface area contributed by atoms with Crippen LogP contribution in [0, 0.1) is 20.8 Å². The van der Waals surface area contributed by atoms with E-state index in [1.54, 1.807) is 4.31 Å². The minimum atomic E-state index is -3.39. The van der Waals surface area contributed by atoms with Crippen LogP contribution in [-0.2, 0) is 10.0 Å². The number of nitrogens with zero attached hydrogens (tertiary/aromatic N) is 1. The summed E-state index contributed by atoms with van der Waals surface area (Å²) >= 11 is 6.04. The van der Waals surface area contributed by atoms with E-state index in [2.05, 4.69) is 0 Å². The predicted octanol–water partition coefficient (Wildman–Crippen LogP) is 3.00. The van der Waals surface area contributed by atoms with Crippen molar-refractivity contribution in [3.05, 3.63) is 28.8 Å². The molecular formula is C14H20ClNO2S. The quantitative estimate of drug-likeness (QED) is 0.788. The highest BCUT2D eigenvalue weighted by molar-refractivity contribution is 7.89. The van der Waals surface area contributed by atoms with Gasteiger partial charge in [-0.2, -0.15) is 4.31 Å². The summed E-state index contributed by atoms with van der Waals surface area (Å²) in [7, 11) is -3.39. The van der Waals surface area contributed by atoms with Gasteiger partial charge in [-0.3, -0.25) is 0 Å². The molecule has 2 rings (SSSR count). The second-order valence-corrected chi connectivity index (χ2v) is 7.80. The molecule has 0 radical (unpaired) electrons. The maximum atomic E-state index is 12.7. The van der Waals surface area contributed by atoms with Crippen LogP contribution < -0.4 is 0 Å². The van der Waals surface area contributed by atoms with Crippen LogP contribution in [0.4, 0.5) is 0 Å². The maximum Gasteiger partial charge on any atom is 0.243 e. The number of aryl methyl sites for hydroxylation is 3. The zero-order valence-corrected chi connectivity index (χ0v) is 13.2. The van der Waals surface area contributed by atoms with E-state index in [4.69, 9.17) is 11.6 Å². The summed E-state index contributed by atoms with van der Waals surface area (Å²) < 4.78 is 27.0. The van der Waals surface area contributed by atoms with Gasteiger partial charge in [-0.05, 0) is 44.7 Å². The molecular weight excluding hydrogens is 282 g/mol. The van der Waals surface area contributed by atoms with Gasteiger partial charge >= 0.3 is 0 Å². The lowest BCUT2D eigenvalue weighted by Crippen LogP contribution is -2.39. The summed E-state index contributed by atoms with van der Waals surface area (Å²) in [6.45, 7) is 6.74. The first-order valence-electron chi connectivity index (χ1n) is 6.54. The van der Waals surface area contributed by atoms with Crippen molar-refractivity contribution in [2.24, 2.45) is 0 Å². The van der Waals surface area contributed by atoms with Crippen LogP contribution in [0.1, 0.15) is 29.5 Å². The summed E-state index contributed by atoms with van der Waals surface area (Å²) in [6.07, 6.45) is 1.45. The van der Waals surface area contributed by atoms with E-state index >= 15 is 0 Å². The average molecular weight is 302 g/mol. The lowest BCUT2D eigenvalue weighted by molar-refractivity contribution is 0.350. The number of hydrogen-bond acceptors (Lipinski definition) is 2. The summed E-state index contributed by atoms with van der Waals surface area (Å²) in [5.74, 6) is 0. The van der Waals surface area contributed by atoms with E-state index in [1.165, 1.54) is 0 Å². The lowest BCUT2D eigenvalue weighted by Gasteiger charge is -2.29. The van der Waals surface area contributed by atoms with Crippen molar-refractivity contribution < 1.29 is 8.42 Å². The van der Waals surface area contributed by atoms with Gasteiger partial charge in [0.25, 0.3) is 0 Å². The SMILES string of the molecule is Cc1cc(C)c(S(=O)(=O)N2CCC(Cl)CC2)c(C)c1. The van der Waals surface area contributed by atoms with Crippen LogP contribution in [0.25, 0.3) is 0 Å². The Morgan fingerprint density at radius 1 is 1.11 bits per heavy atom. The third kappa shape index (κ3) is 2.96. The summed E-state index contributed by atoms with van der Waals surface area (Å²) in [6, 6.07) is 3.85. The Kier molecular flexibility index (Phi) is 4.23. The van der Waals surface area contributed by atoms with Crippen molar-refractivity contribution in [2.75, 3.05) is 13.1 Å². The normalized spacial score (nSPS) is 18.7. The number of benzene rings is 1. The Labute approximate surface area is 120 Å². The van der Waals surface area contributed by atoms with Crippen molar-refractivity contribution in [2.45, 2.75) is 43.9 Å². The molecule has 0 saturated carbocycles. The van der Waals surface area contributed by atoms with Gasteiger partial charge < -0.3 is 0 Å². The topological polar surface area (TPSA) is 37.4 Å². The molecule has 0 amide bonds. The second kappa shape index (κ2) is 5.43. The Bertz CT molecular complexity index is 552. The predicted molar refractivity (Wildman–Crippen MR) is 78.3 cm³/mol. The van der Waals surface area contributed by atoms with Crippen molar-refractivity contribution in [3.63, 3.8) is 0 Å². The van der Waals surface area contributed by atoms with Gasteiger partial charge in [0.2, 0.25) is 10.0 Å². The van der Waals surface area contributed by atoms with Gasteiger partial charge in [0, 0.05) is 18.5 Å². The van der Waals surface area contributed by atoms with Crippen molar-refractivity contribution >= 4 is 21.6 Å². The number of hydrogen-bond donors (Lipinski definition) is 0. The Morgan fingerprint density at radius 3 is 2.05 bits per heavy atom. The molecule has 1 saturated heterocycles. The molecule has 1 aromatic carbocycles. The number of halogens is 1. The molecule has 0 aliphatic carbocycles. The van der Waals surface area contributed by atoms with Crippen LogP contribution in [0.3, 0.4) is 0 Å². The first-order valence-corrected chi connectivity index (χ1v) is 8.42. The minimum absolute atomic E-state index is 0.103. The zero-order valence-electron chi connectivity index (χ0n) is 11.6. The van der Waals surface area contributed by atoms with E-state index in [0.717, 1.165) is 29.5 Å². The molecule has 1 fully saturated rings. The monoisotopic (exact) mass is 301 g/mol. The molecule has 0 spiro atoms. The van der Waals surface area contributed by atoms with Crippen LogP contribution in [0.2, 0.25) is 0 Å². The van der Waals surface area contributed by atoms with Gasteiger partial charge in [0.1, 0.15) is 0 Å². The fourth-order valence-corrected chi connectivity index (χ4v) is 4.84. The highest BCUT2D eigenvalue weighted by Gasteiger charge is 2.30. The van der Waals surface area contributed by atoms with Gasteiger partial charge in [-0.25, -0.2) is 8.42 Å². The fraction of sp³-hybridized carbons (Fsp3) is 0.571. The molecule has 0 bridgehead atoms. The lowest BCUT2D eigenvalue weighted by atomic mass is 10.1. The van der Waals surface area contributed by atoms with Crippen LogP contribution >= 0.6 is 11.6 Å². The molecule has 0 unspecified atom stereocenters. The van der Waals surface area contributed by atoms with E-state index in [-0.39, 0.29) is 5.38 Å². The van der Waals surface area contributed by atoms with E-state index < -0.39 is 10.0 Å². The number of sulfonamides is 1. The highest BCUT2D eigenvalue weighted by atomic mass is 35.5. The molecule has 0 N–H and O–H groups in total. The highest BCUT2D eigenvalue weighted by Crippen LogP contribution is 2.28. The number of rotatable bonds is 2. The van der Waals surface area contributed by atoms with Crippen LogP contribution in [-0.4, -0.2) is 31.2 Å². The smallest absolute Gasteiger partial charge is 0.207 e. The van der Waals surface area contributed by atoms with Crippen molar-refractivity contribution in [1.82, 2.24) is 4.31 Å². The second-order valence-electron chi connectivity index (χ2n) is 5.31. The van der Waals surface area contributed by atoms with Gasteiger partial charge in [0.05, 0.1) is 4.90 Å². The first-order chi connectivity index (χ1) is 8.82. The Balaban J connectivity index is 2.40. The molecule has 3 nitrogen and oxygen atoms in total. The van der Waals surface area contributed by atoms with Gasteiger partial charge in [0.15, 0.2) is 0 Å². The molecule has 1 aliphatic heterocycles. The average Bonchev–Trinajstić information content (AvgIpc) is 2.27. The fourth-order valence-electron chi connectivity index (χ4n) is 2.77. The minimum Gasteiger partial charge on any atom is -0.207 e. The maximum absolute atomic E-state index is 12.7. The van der Waals surface area contributed by atoms with Gasteiger partial charge in [-0.15, -0.1) is 11.6 Å². The van der Waals surface area contributed by atoms with E-state index in [9.17, 15) is 8.42 Å². The third-order valence-corrected chi connectivity index (χ3v) is 6.23. The Hall–Kier alpha value is -0.580. The first kappa shape index (κ1) is 14.8. The van der Waals surface area contributed by atoms with E-state index in [1.807, 2.05) is 32.9 Å². The Morgan fingerprint density at radius 2 is 1.58 bits per heavy atom. The summed E-state index contributed by atoms with van der Waals surface area (Å²) in [5, 5.41) is 0.103. The summed E-state index contributed by atoms with van der Waals surface area (Å²) in [4.78, 5) is 0.464. The molecule has 106 valence electrons. The van der Waals surface area contributed by atoms with Gasteiger partial charge in [-0.1, -0.05) is 17.7 Å².